The summed E-state index contributed by atoms with van der Waals surface area (Å²) in [4.78, 5) is 0. The Morgan fingerprint density at radius 2 is 0.949 bits per heavy atom. The molecule has 59 heavy (non-hydrogen) atoms. The predicted molar refractivity (Wildman–Crippen MR) is 254 cm³/mol. The van der Waals surface area contributed by atoms with Crippen molar-refractivity contribution in [3.63, 3.8) is 0 Å². The van der Waals surface area contributed by atoms with Crippen LogP contribution in [0.4, 0.5) is 0 Å². The fraction of sp³-hybridized carbons (Fsp3) is 0. The van der Waals surface area contributed by atoms with E-state index >= 15 is 0 Å². The summed E-state index contributed by atoms with van der Waals surface area (Å²) < 4.78 is 2.35. The number of rotatable bonds is 6. The molecule has 276 valence electrons. The molecule has 10 aromatic carbocycles. The van der Waals surface area contributed by atoms with E-state index < -0.39 is 0 Å². The van der Waals surface area contributed by atoms with Gasteiger partial charge in [-0.25, -0.2) is 0 Å². The van der Waals surface area contributed by atoms with Crippen molar-refractivity contribution in [3.8, 4) is 39.2 Å². The number of fused-ring (bicyclic) bond motifs is 5. The maximum atomic E-state index is 4.43. The van der Waals surface area contributed by atoms with Gasteiger partial charge in [0.2, 0.25) is 0 Å². The first-order valence-electron chi connectivity index (χ1n) is 20.3. The topological polar surface area (TPSA) is 4.93 Å². The van der Waals surface area contributed by atoms with Crippen molar-refractivity contribution in [2.75, 3.05) is 0 Å². The van der Waals surface area contributed by atoms with Crippen LogP contribution in [-0.4, -0.2) is 4.57 Å². The zero-order valence-corrected chi connectivity index (χ0v) is 32.5. The third kappa shape index (κ3) is 6.12. The van der Waals surface area contributed by atoms with Crippen molar-refractivity contribution >= 4 is 72.7 Å². The van der Waals surface area contributed by atoms with Crippen LogP contribution in [0, 0.1) is 0 Å². The number of hydrogen-bond acceptors (Lipinski definition) is 0. The Bertz CT molecular complexity index is 3570. The van der Waals surface area contributed by atoms with Crippen LogP contribution in [0.15, 0.2) is 212 Å². The van der Waals surface area contributed by atoms with E-state index in [1.54, 1.807) is 0 Å². The fourth-order valence-electron chi connectivity index (χ4n) is 9.01. The van der Waals surface area contributed by atoms with Gasteiger partial charge in [-0.2, -0.15) is 0 Å². The molecule has 0 saturated carbocycles. The van der Waals surface area contributed by atoms with Gasteiger partial charge in [0.25, 0.3) is 0 Å². The first-order valence-corrected chi connectivity index (χ1v) is 20.3. The lowest BCUT2D eigenvalue weighted by atomic mass is 9.84. The monoisotopic (exact) mass is 749 g/mol. The number of nitrogens with zero attached hydrogens (tertiary/aromatic N) is 1. The van der Waals surface area contributed by atoms with Gasteiger partial charge in [-0.3, -0.25) is 0 Å². The molecule has 0 spiro atoms. The summed E-state index contributed by atoms with van der Waals surface area (Å²) in [6.07, 6.45) is 6.58. The van der Waals surface area contributed by atoms with E-state index in [0.717, 1.165) is 32.9 Å². The van der Waals surface area contributed by atoms with Crippen molar-refractivity contribution in [2.45, 2.75) is 0 Å². The molecule has 1 heterocycles. The van der Waals surface area contributed by atoms with Crippen LogP contribution in [0.25, 0.3) is 112 Å². The minimum atomic E-state index is 0.990. The van der Waals surface area contributed by atoms with E-state index in [1.807, 2.05) is 0 Å². The highest BCUT2D eigenvalue weighted by molar-refractivity contribution is 6.22. The summed E-state index contributed by atoms with van der Waals surface area (Å²) in [6.45, 7) is 4.43. The third-order valence-corrected chi connectivity index (χ3v) is 11.9. The molecule has 1 nitrogen and oxygen atoms in total. The lowest BCUT2D eigenvalue weighted by Gasteiger charge is -2.19. The van der Waals surface area contributed by atoms with Crippen molar-refractivity contribution in [1.29, 1.82) is 0 Å². The Labute approximate surface area is 343 Å². The molecular formula is C58H39N. The lowest BCUT2D eigenvalue weighted by Crippen LogP contribution is -2.22. The average Bonchev–Trinajstić information content (AvgIpc) is 3.68. The lowest BCUT2D eigenvalue weighted by molar-refractivity contribution is 1.13. The predicted octanol–water partition coefficient (Wildman–Crippen LogP) is 14.1. The van der Waals surface area contributed by atoms with Gasteiger partial charge in [-0.15, -0.1) is 0 Å². The summed E-state index contributed by atoms with van der Waals surface area (Å²) in [5, 5.41) is 13.2. The van der Waals surface area contributed by atoms with Crippen LogP contribution in [0.5, 0.6) is 0 Å². The summed E-state index contributed by atoms with van der Waals surface area (Å²) in [5.74, 6) is 0. The zero-order chi connectivity index (χ0) is 39.3. The van der Waals surface area contributed by atoms with E-state index in [1.165, 1.54) is 76.2 Å². The number of para-hydroxylation sites is 2. The molecule has 0 bridgehead atoms. The van der Waals surface area contributed by atoms with E-state index in [4.69, 9.17) is 0 Å². The molecule has 0 aliphatic rings. The third-order valence-electron chi connectivity index (χ3n) is 11.9. The van der Waals surface area contributed by atoms with Gasteiger partial charge in [0.05, 0.1) is 11.2 Å². The van der Waals surface area contributed by atoms with Crippen LogP contribution in [0.3, 0.4) is 0 Å². The molecule has 1 aromatic heterocycles. The Morgan fingerprint density at radius 1 is 0.390 bits per heavy atom. The number of allylic oxidation sites excluding steroid dienone is 1. The van der Waals surface area contributed by atoms with Crippen LogP contribution >= 0.6 is 0 Å². The van der Waals surface area contributed by atoms with Gasteiger partial charge in [-0.05, 0) is 135 Å². The quantitative estimate of drug-likeness (QED) is 0.149. The molecule has 0 radical (unpaired) electrons. The molecule has 0 aliphatic heterocycles. The summed E-state index contributed by atoms with van der Waals surface area (Å²) in [6, 6.07) is 75.0. The van der Waals surface area contributed by atoms with Crippen LogP contribution in [0.2, 0.25) is 0 Å². The highest BCUT2D eigenvalue weighted by atomic mass is 15.0. The number of hydrogen-bond donors (Lipinski definition) is 0. The first kappa shape index (κ1) is 34.5. The maximum absolute atomic E-state index is 4.43. The largest absolute Gasteiger partial charge is 0.309 e. The maximum Gasteiger partial charge on any atom is 0.0541 e. The van der Waals surface area contributed by atoms with E-state index in [0.29, 0.717) is 0 Å². The number of benzene rings is 10. The Morgan fingerprint density at radius 3 is 1.64 bits per heavy atom. The Hall–Kier alpha value is -7.74. The second-order valence-electron chi connectivity index (χ2n) is 15.4. The average molecular weight is 750 g/mol. The smallest absolute Gasteiger partial charge is 0.0541 e. The van der Waals surface area contributed by atoms with Gasteiger partial charge in [0.15, 0.2) is 0 Å². The molecule has 0 unspecified atom stereocenters. The van der Waals surface area contributed by atoms with E-state index in [2.05, 4.69) is 236 Å². The van der Waals surface area contributed by atoms with E-state index in [-0.39, 0.29) is 0 Å². The molecule has 0 amide bonds. The van der Waals surface area contributed by atoms with Gasteiger partial charge in [0, 0.05) is 11.1 Å². The Balaban J connectivity index is 1.07. The van der Waals surface area contributed by atoms with Gasteiger partial charge in [0.1, 0.15) is 0 Å². The summed E-state index contributed by atoms with van der Waals surface area (Å²) in [7, 11) is 0. The van der Waals surface area contributed by atoms with Crippen LogP contribution in [0.1, 0.15) is 5.56 Å². The summed E-state index contributed by atoms with van der Waals surface area (Å²) >= 11 is 0. The molecule has 0 aliphatic carbocycles. The molecular weight excluding hydrogens is 711 g/mol. The van der Waals surface area contributed by atoms with E-state index in [9.17, 15) is 0 Å². The Kier molecular flexibility index (Phi) is 8.38. The SMILES string of the molecule is C=c1ccc(-c2cc3ccccc3n2-c2ccccc2)c/c1=C/C=C/c1ccc2c(-c3ccc4ccccc4c3)c3ccccc3c(-c3ccc4ccccc4c3)c2c1. The minimum absolute atomic E-state index is 0.990. The first-order chi connectivity index (χ1) is 29.2. The normalized spacial score (nSPS) is 12.2. The standard InChI is InChI=1S/C58H39N/c1-39-26-28-47(56-38-46-19-9-12-25-55(46)59(56)50-21-3-2-4-22-50)35-43(39)20-13-14-40-27-33-53-54(34-40)58(49-32-30-42-16-6-8-18-45(42)37-49)52-24-11-10-23-51(52)57(53)48-31-29-41-15-5-7-17-44(41)36-48/h2-38H,1H2/b14-13+,43-20-. The van der Waals surface area contributed by atoms with Crippen LogP contribution in [-0.2, 0) is 0 Å². The molecule has 0 N–H and O–H groups in total. The van der Waals surface area contributed by atoms with Gasteiger partial charge < -0.3 is 4.57 Å². The second-order valence-corrected chi connectivity index (χ2v) is 15.4. The second kappa shape index (κ2) is 14.3. The molecule has 1 heteroatoms. The van der Waals surface area contributed by atoms with Crippen molar-refractivity contribution in [2.24, 2.45) is 0 Å². The van der Waals surface area contributed by atoms with Gasteiger partial charge >= 0.3 is 0 Å². The number of aromatic nitrogens is 1. The van der Waals surface area contributed by atoms with Crippen molar-refractivity contribution in [3.05, 3.63) is 228 Å². The minimum Gasteiger partial charge on any atom is -0.309 e. The van der Waals surface area contributed by atoms with Crippen molar-refractivity contribution in [1.82, 2.24) is 4.57 Å². The highest BCUT2D eigenvalue weighted by Gasteiger charge is 2.18. The zero-order valence-electron chi connectivity index (χ0n) is 32.5. The molecule has 11 rings (SSSR count). The fourth-order valence-corrected chi connectivity index (χ4v) is 9.01. The molecule has 11 aromatic rings. The molecule has 0 fully saturated rings. The highest BCUT2D eigenvalue weighted by Crippen LogP contribution is 2.45. The van der Waals surface area contributed by atoms with Gasteiger partial charge in [-0.1, -0.05) is 183 Å². The molecule has 0 saturated heterocycles. The van der Waals surface area contributed by atoms with Crippen LogP contribution < -0.4 is 10.4 Å². The summed E-state index contributed by atoms with van der Waals surface area (Å²) in [5.41, 5.74) is 10.7. The molecule has 0 atom stereocenters. The van der Waals surface area contributed by atoms with Crippen molar-refractivity contribution < 1.29 is 0 Å².